The molecule has 1 saturated carbocycles. The lowest BCUT2D eigenvalue weighted by molar-refractivity contribution is 0.411. The second-order valence-electron chi connectivity index (χ2n) is 7.21. The Bertz CT molecular complexity index is 1060. The summed E-state index contributed by atoms with van der Waals surface area (Å²) in [4.78, 5) is 31.0. The van der Waals surface area contributed by atoms with Gasteiger partial charge < -0.3 is 4.42 Å². The molecule has 0 atom stereocenters. The molecule has 1 aromatic carbocycles. The lowest BCUT2D eigenvalue weighted by Crippen LogP contribution is -2.32. The minimum Gasteiger partial charge on any atom is -0.437 e. The Labute approximate surface area is 151 Å². The minimum absolute atomic E-state index is 0.0906. The van der Waals surface area contributed by atoms with Gasteiger partial charge in [-0.25, -0.2) is 0 Å². The van der Waals surface area contributed by atoms with Gasteiger partial charge in [0.2, 0.25) is 11.1 Å². The molecule has 5 nitrogen and oxygen atoms in total. The molecular weight excluding hydrogens is 328 g/mol. The summed E-state index contributed by atoms with van der Waals surface area (Å²) in [5.41, 5.74) is 0.146. The molecule has 136 valence electrons. The molecule has 26 heavy (non-hydrogen) atoms. The van der Waals surface area contributed by atoms with Crippen LogP contribution in [-0.4, -0.2) is 9.55 Å². The van der Waals surface area contributed by atoms with E-state index < -0.39 is 0 Å². The zero-order chi connectivity index (χ0) is 18.1. The summed E-state index contributed by atoms with van der Waals surface area (Å²) in [6.45, 7) is 2.07. The molecule has 0 saturated heterocycles. The number of benzene rings is 1. The van der Waals surface area contributed by atoms with Gasteiger partial charge in [-0.2, -0.15) is 4.98 Å². The Morgan fingerprint density at radius 1 is 1.12 bits per heavy atom. The topological polar surface area (TPSA) is 65.1 Å². The Morgan fingerprint density at radius 3 is 2.58 bits per heavy atom. The molecule has 2 heterocycles. The number of rotatable bonds is 3. The summed E-state index contributed by atoms with van der Waals surface area (Å²) in [5.74, 6) is 0.746. The molecule has 5 heteroatoms. The van der Waals surface area contributed by atoms with Crippen LogP contribution >= 0.6 is 0 Å². The number of hydrogen-bond donors (Lipinski definition) is 0. The van der Waals surface area contributed by atoms with Gasteiger partial charge in [-0.1, -0.05) is 44.7 Å². The lowest BCUT2D eigenvalue weighted by Gasteiger charge is -2.21. The molecule has 0 radical (unpaired) electrons. The third kappa shape index (κ3) is 2.85. The summed E-state index contributed by atoms with van der Waals surface area (Å²) in [5, 5.41) is 0.530. The van der Waals surface area contributed by atoms with Crippen LogP contribution in [0.5, 0.6) is 0 Å². The number of aryl methyl sites for hydroxylation is 1. The molecule has 3 aromatic rings. The van der Waals surface area contributed by atoms with Crippen LogP contribution in [0.15, 0.2) is 38.3 Å². The Hall–Kier alpha value is -2.43. The Kier molecular flexibility index (Phi) is 4.62. The van der Waals surface area contributed by atoms with Crippen LogP contribution in [0.3, 0.4) is 0 Å². The van der Waals surface area contributed by atoms with E-state index in [0.717, 1.165) is 37.9 Å². The van der Waals surface area contributed by atoms with E-state index in [2.05, 4.69) is 11.9 Å². The van der Waals surface area contributed by atoms with Gasteiger partial charge in [-0.15, -0.1) is 0 Å². The highest BCUT2D eigenvalue weighted by atomic mass is 16.3. The van der Waals surface area contributed by atoms with Gasteiger partial charge >= 0.3 is 0 Å². The van der Waals surface area contributed by atoms with E-state index in [-0.39, 0.29) is 28.1 Å². The fourth-order valence-corrected chi connectivity index (χ4v) is 4.10. The van der Waals surface area contributed by atoms with E-state index in [9.17, 15) is 9.59 Å². The summed E-state index contributed by atoms with van der Waals surface area (Å²) in [6, 6.07) is 7.18. The second kappa shape index (κ2) is 7.06. The standard InChI is InChI=1S/C21H24N2O3/c1-2-9-17-22-20-18(19(24)15-12-7-8-13-16(15)26-20)21(25)23(17)14-10-5-3-4-6-11-14/h7-8,12-14H,2-6,9-11H2,1H3. The van der Waals surface area contributed by atoms with Gasteiger partial charge in [0.05, 0.1) is 5.39 Å². The predicted octanol–water partition coefficient (Wildman–Crippen LogP) is 4.35. The molecule has 2 aromatic heterocycles. The molecule has 0 spiro atoms. The van der Waals surface area contributed by atoms with E-state index in [1.807, 2.05) is 10.6 Å². The molecule has 0 aliphatic heterocycles. The van der Waals surface area contributed by atoms with E-state index in [1.54, 1.807) is 18.2 Å². The third-order valence-corrected chi connectivity index (χ3v) is 5.38. The van der Waals surface area contributed by atoms with Crippen molar-refractivity contribution in [3.05, 3.63) is 50.7 Å². The van der Waals surface area contributed by atoms with Crippen molar-refractivity contribution in [2.45, 2.75) is 64.3 Å². The van der Waals surface area contributed by atoms with Gasteiger partial charge in [0.1, 0.15) is 11.4 Å². The van der Waals surface area contributed by atoms with Crippen LogP contribution in [0.4, 0.5) is 0 Å². The zero-order valence-electron chi connectivity index (χ0n) is 15.2. The van der Waals surface area contributed by atoms with Crippen molar-refractivity contribution >= 4 is 22.1 Å². The van der Waals surface area contributed by atoms with E-state index in [4.69, 9.17) is 4.42 Å². The zero-order valence-corrected chi connectivity index (χ0v) is 15.2. The molecule has 4 rings (SSSR count). The van der Waals surface area contributed by atoms with E-state index in [0.29, 0.717) is 17.4 Å². The SMILES string of the molecule is CCCc1nc2oc3ccccc3c(=O)c2c(=O)n1C1CCCCCC1. The largest absolute Gasteiger partial charge is 0.437 e. The van der Waals surface area contributed by atoms with Crippen molar-refractivity contribution in [2.75, 3.05) is 0 Å². The van der Waals surface area contributed by atoms with Gasteiger partial charge in [0, 0.05) is 12.5 Å². The first-order chi connectivity index (χ1) is 12.7. The molecular formula is C21H24N2O3. The highest BCUT2D eigenvalue weighted by Crippen LogP contribution is 2.28. The first kappa shape index (κ1) is 17.0. The van der Waals surface area contributed by atoms with Crippen LogP contribution in [0.2, 0.25) is 0 Å². The highest BCUT2D eigenvalue weighted by molar-refractivity contribution is 5.87. The molecule has 0 unspecified atom stereocenters. The average Bonchev–Trinajstić information content (AvgIpc) is 2.91. The number of aromatic nitrogens is 2. The molecule has 0 amide bonds. The summed E-state index contributed by atoms with van der Waals surface area (Å²) >= 11 is 0. The van der Waals surface area contributed by atoms with Gasteiger partial charge in [-0.3, -0.25) is 14.2 Å². The maximum absolute atomic E-state index is 13.4. The fourth-order valence-electron chi connectivity index (χ4n) is 4.10. The highest BCUT2D eigenvalue weighted by Gasteiger charge is 2.23. The number of hydrogen-bond acceptors (Lipinski definition) is 4. The van der Waals surface area contributed by atoms with Crippen LogP contribution < -0.4 is 11.0 Å². The maximum Gasteiger partial charge on any atom is 0.269 e. The maximum atomic E-state index is 13.4. The van der Waals surface area contributed by atoms with Crippen molar-refractivity contribution in [3.63, 3.8) is 0 Å². The molecule has 0 bridgehead atoms. The van der Waals surface area contributed by atoms with Gasteiger partial charge in [0.15, 0.2) is 5.39 Å². The van der Waals surface area contributed by atoms with Crippen LogP contribution in [-0.2, 0) is 6.42 Å². The van der Waals surface area contributed by atoms with E-state index in [1.165, 1.54) is 12.8 Å². The summed E-state index contributed by atoms with van der Waals surface area (Å²) < 4.78 is 7.65. The van der Waals surface area contributed by atoms with Crippen molar-refractivity contribution in [3.8, 4) is 0 Å². The summed E-state index contributed by atoms with van der Waals surface area (Å²) in [6.07, 6.45) is 8.20. The van der Waals surface area contributed by atoms with E-state index >= 15 is 0 Å². The van der Waals surface area contributed by atoms with Crippen LogP contribution in [0.1, 0.15) is 63.7 Å². The number of fused-ring (bicyclic) bond motifs is 2. The third-order valence-electron chi connectivity index (χ3n) is 5.38. The fraction of sp³-hybridized carbons (Fsp3) is 0.476. The first-order valence-corrected chi connectivity index (χ1v) is 9.67. The molecule has 0 N–H and O–H groups in total. The summed E-state index contributed by atoms with van der Waals surface area (Å²) in [7, 11) is 0. The van der Waals surface area contributed by atoms with Gasteiger partial charge in [-0.05, 0) is 31.4 Å². The van der Waals surface area contributed by atoms with Gasteiger partial charge in [0.25, 0.3) is 5.56 Å². The molecule has 1 aliphatic carbocycles. The number of para-hydroxylation sites is 1. The molecule has 1 aliphatic rings. The second-order valence-corrected chi connectivity index (χ2v) is 7.21. The van der Waals surface area contributed by atoms with Crippen LogP contribution in [0, 0.1) is 0 Å². The monoisotopic (exact) mass is 352 g/mol. The quantitative estimate of drug-likeness (QED) is 0.519. The molecule has 1 fully saturated rings. The first-order valence-electron chi connectivity index (χ1n) is 9.67. The van der Waals surface area contributed by atoms with Crippen LogP contribution in [0.25, 0.3) is 22.1 Å². The van der Waals surface area contributed by atoms with Crippen molar-refractivity contribution < 1.29 is 4.42 Å². The average molecular weight is 352 g/mol. The predicted molar refractivity (Wildman–Crippen MR) is 103 cm³/mol. The van der Waals surface area contributed by atoms with Crippen molar-refractivity contribution in [2.24, 2.45) is 0 Å². The normalized spacial score (nSPS) is 16.2. The smallest absolute Gasteiger partial charge is 0.269 e. The minimum atomic E-state index is -0.273. The Morgan fingerprint density at radius 2 is 1.85 bits per heavy atom. The number of nitrogens with zero attached hydrogens (tertiary/aromatic N) is 2. The van der Waals surface area contributed by atoms with Crippen molar-refractivity contribution in [1.82, 2.24) is 9.55 Å². The lowest BCUT2D eigenvalue weighted by atomic mass is 10.1. The Balaban J connectivity index is 2.03. The van der Waals surface area contributed by atoms with Crippen molar-refractivity contribution in [1.29, 1.82) is 0 Å².